The van der Waals surface area contributed by atoms with Crippen LogP contribution in [0.3, 0.4) is 0 Å². The number of benzene rings is 2. The molecule has 0 bridgehead atoms. The molecule has 0 unspecified atom stereocenters. The van der Waals surface area contributed by atoms with Gasteiger partial charge >= 0.3 is 0 Å². The van der Waals surface area contributed by atoms with Crippen molar-refractivity contribution in [3.05, 3.63) is 57.5 Å². The normalized spacial score (nSPS) is 12.2. The van der Waals surface area contributed by atoms with Crippen molar-refractivity contribution in [3.8, 4) is 5.75 Å². The fourth-order valence-electron chi connectivity index (χ4n) is 3.63. The molecule has 0 aliphatic carbocycles. The third kappa shape index (κ3) is 8.67. The molecule has 0 aliphatic rings. The first-order valence-corrected chi connectivity index (χ1v) is 14.5. The second kappa shape index (κ2) is 13.3. The molecule has 0 fully saturated rings. The molecule has 0 aromatic heterocycles. The van der Waals surface area contributed by atoms with Crippen molar-refractivity contribution in [1.29, 1.82) is 0 Å². The standard InChI is InChI=1S/C25H33BrClN3O5S/c1-17(2)28-25(32)18(3)29(16-19-8-6-9-20(26)14-19)24(31)10-7-13-30(36(5,33)34)21-11-12-23(35-4)22(27)15-21/h6,8-9,11-12,14-15,17-18H,7,10,13,16H2,1-5H3,(H,28,32)/t18-/m0/s1. The van der Waals surface area contributed by atoms with Crippen molar-refractivity contribution in [2.24, 2.45) is 0 Å². The number of ether oxygens (including phenoxy) is 1. The molecule has 1 N–H and O–H groups in total. The van der Waals surface area contributed by atoms with Gasteiger partial charge in [0.25, 0.3) is 0 Å². The van der Waals surface area contributed by atoms with Gasteiger partial charge in [-0.2, -0.15) is 0 Å². The van der Waals surface area contributed by atoms with E-state index in [0.29, 0.717) is 11.4 Å². The Morgan fingerprint density at radius 3 is 2.39 bits per heavy atom. The highest BCUT2D eigenvalue weighted by atomic mass is 79.9. The van der Waals surface area contributed by atoms with Gasteiger partial charge < -0.3 is 15.0 Å². The average Bonchev–Trinajstić information content (AvgIpc) is 2.78. The lowest BCUT2D eigenvalue weighted by Crippen LogP contribution is -2.49. The molecule has 198 valence electrons. The summed E-state index contributed by atoms with van der Waals surface area (Å²) in [7, 11) is -2.15. The minimum Gasteiger partial charge on any atom is -0.495 e. The van der Waals surface area contributed by atoms with Crippen LogP contribution in [0.1, 0.15) is 39.2 Å². The molecule has 36 heavy (non-hydrogen) atoms. The minimum absolute atomic E-state index is 0.0587. The van der Waals surface area contributed by atoms with Crippen LogP contribution in [0.4, 0.5) is 5.69 Å². The van der Waals surface area contributed by atoms with Gasteiger partial charge in [0.05, 0.1) is 24.1 Å². The van der Waals surface area contributed by atoms with Crippen LogP contribution in [0, 0.1) is 0 Å². The number of rotatable bonds is 12. The number of amides is 2. The van der Waals surface area contributed by atoms with E-state index in [0.717, 1.165) is 16.3 Å². The third-order valence-electron chi connectivity index (χ3n) is 5.42. The molecule has 0 aliphatic heterocycles. The monoisotopic (exact) mass is 601 g/mol. The van der Waals surface area contributed by atoms with Crippen molar-refractivity contribution in [3.63, 3.8) is 0 Å². The summed E-state index contributed by atoms with van der Waals surface area (Å²) in [6.45, 7) is 5.72. The van der Waals surface area contributed by atoms with Crippen molar-refractivity contribution >= 4 is 55.1 Å². The summed E-state index contributed by atoms with van der Waals surface area (Å²) in [5.74, 6) is -0.0672. The average molecular weight is 603 g/mol. The Labute approximate surface area is 227 Å². The topological polar surface area (TPSA) is 96.0 Å². The van der Waals surface area contributed by atoms with E-state index in [1.807, 2.05) is 38.1 Å². The molecule has 0 spiro atoms. The number of methoxy groups -OCH3 is 1. The number of carbonyl (C=O) groups excluding carboxylic acids is 2. The molecule has 8 nitrogen and oxygen atoms in total. The number of nitrogens with one attached hydrogen (secondary N) is 1. The predicted octanol–water partition coefficient (Wildman–Crippen LogP) is 4.60. The molecule has 0 saturated heterocycles. The van der Waals surface area contributed by atoms with Crippen LogP contribution in [-0.4, -0.2) is 57.1 Å². The zero-order valence-electron chi connectivity index (χ0n) is 21.1. The smallest absolute Gasteiger partial charge is 0.242 e. The van der Waals surface area contributed by atoms with E-state index in [1.165, 1.54) is 22.4 Å². The van der Waals surface area contributed by atoms with Gasteiger partial charge in [0.2, 0.25) is 21.8 Å². The SMILES string of the molecule is COc1ccc(N(CCCC(=O)N(Cc2cccc(Br)c2)[C@@H](C)C(=O)NC(C)C)S(C)(=O)=O)cc1Cl. The van der Waals surface area contributed by atoms with Crippen LogP contribution in [0.5, 0.6) is 5.75 Å². The van der Waals surface area contributed by atoms with Crippen molar-refractivity contribution < 1.29 is 22.7 Å². The molecule has 2 aromatic rings. The van der Waals surface area contributed by atoms with E-state index in [-0.39, 0.29) is 48.8 Å². The summed E-state index contributed by atoms with van der Waals surface area (Å²) in [6, 6.07) is 11.5. The van der Waals surface area contributed by atoms with Crippen LogP contribution >= 0.6 is 27.5 Å². The Bertz CT molecular complexity index is 1180. The summed E-state index contributed by atoms with van der Waals surface area (Å²) in [4.78, 5) is 27.5. The third-order valence-corrected chi connectivity index (χ3v) is 7.40. The van der Waals surface area contributed by atoms with E-state index in [2.05, 4.69) is 21.2 Å². The van der Waals surface area contributed by atoms with Crippen molar-refractivity contribution in [1.82, 2.24) is 10.2 Å². The lowest BCUT2D eigenvalue weighted by Gasteiger charge is -2.30. The maximum atomic E-state index is 13.3. The van der Waals surface area contributed by atoms with Gasteiger partial charge in [0, 0.05) is 30.0 Å². The van der Waals surface area contributed by atoms with Gasteiger partial charge in [-0.25, -0.2) is 8.42 Å². The van der Waals surface area contributed by atoms with E-state index in [9.17, 15) is 18.0 Å². The fraction of sp³-hybridized carbons (Fsp3) is 0.440. The first kappa shape index (κ1) is 29.9. The zero-order valence-corrected chi connectivity index (χ0v) is 24.3. The highest BCUT2D eigenvalue weighted by molar-refractivity contribution is 9.10. The predicted molar refractivity (Wildman–Crippen MR) is 147 cm³/mol. The lowest BCUT2D eigenvalue weighted by atomic mass is 10.1. The largest absolute Gasteiger partial charge is 0.495 e. The Morgan fingerprint density at radius 1 is 1.14 bits per heavy atom. The molecule has 11 heteroatoms. The highest BCUT2D eigenvalue weighted by Gasteiger charge is 2.27. The first-order chi connectivity index (χ1) is 16.8. The first-order valence-electron chi connectivity index (χ1n) is 11.5. The summed E-state index contributed by atoms with van der Waals surface area (Å²) < 4.78 is 32.2. The fourth-order valence-corrected chi connectivity index (χ4v) is 5.29. The van der Waals surface area contributed by atoms with Crippen LogP contribution in [0.2, 0.25) is 5.02 Å². The second-order valence-corrected chi connectivity index (χ2v) is 12.0. The maximum Gasteiger partial charge on any atom is 0.242 e. The van der Waals surface area contributed by atoms with E-state index in [4.69, 9.17) is 16.3 Å². The van der Waals surface area contributed by atoms with Crippen LogP contribution in [-0.2, 0) is 26.2 Å². The molecular formula is C25H33BrClN3O5S. The zero-order chi connectivity index (χ0) is 27.0. The minimum atomic E-state index is -3.63. The number of sulfonamides is 1. The second-order valence-electron chi connectivity index (χ2n) is 8.75. The molecule has 0 saturated carbocycles. The van der Waals surface area contributed by atoms with Gasteiger partial charge in [0.15, 0.2) is 0 Å². The molecule has 1 atom stereocenters. The molecule has 2 rings (SSSR count). The van der Waals surface area contributed by atoms with Crippen LogP contribution in [0.15, 0.2) is 46.9 Å². The van der Waals surface area contributed by atoms with Gasteiger partial charge in [0.1, 0.15) is 11.8 Å². The summed E-state index contributed by atoms with van der Waals surface area (Å²) in [5.41, 5.74) is 1.25. The van der Waals surface area contributed by atoms with Crippen LogP contribution < -0.4 is 14.4 Å². The van der Waals surface area contributed by atoms with Gasteiger partial charge in [-0.1, -0.05) is 39.7 Å². The quantitative estimate of drug-likeness (QED) is 0.383. The summed E-state index contributed by atoms with van der Waals surface area (Å²) in [6.07, 6.45) is 1.41. The number of hydrogen-bond acceptors (Lipinski definition) is 5. The van der Waals surface area contributed by atoms with Crippen molar-refractivity contribution in [2.45, 2.75) is 52.2 Å². The molecule has 2 aromatic carbocycles. The van der Waals surface area contributed by atoms with E-state index < -0.39 is 16.1 Å². The van der Waals surface area contributed by atoms with Crippen molar-refractivity contribution in [2.75, 3.05) is 24.2 Å². The number of hydrogen-bond donors (Lipinski definition) is 1. The Balaban J connectivity index is 2.19. The molecule has 0 radical (unpaired) electrons. The maximum absolute atomic E-state index is 13.3. The number of nitrogens with zero attached hydrogens (tertiary/aromatic N) is 2. The Kier molecular flexibility index (Phi) is 11.1. The number of carbonyl (C=O) groups is 2. The number of halogens is 2. The lowest BCUT2D eigenvalue weighted by molar-refractivity contribution is -0.140. The number of anilines is 1. The molecular weight excluding hydrogens is 570 g/mol. The van der Waals surface area contributed by atoms with Crippen LogP contribution in [0.25, 0.3) is 0 Å². The Morgan fingerprint density at radius 2 is 1.83 bits per heavy atom. The highest BCUT2D eigenvalue weighted by Crippen LogP contribution is 2.30. The summed E-state index contributed by atoms with van der Waals surface area (Å²) in [5, 5.41) is 3.14. The summed E-state index contributed by atoms with van der Waals surface area (Å²) >= 11 is 9.63. The van der Waals surface area contributed by atoms with Gasteiger partial charge in [-0.15, -0.1) is 0 Å². The Hall–Kier alpha value is -2.30. The van der Waals surface area contributed by atoms with Gasteiger partial charge in [-0.05, 0) is 63.1 Å². The van der Waals surface area contributed by atoms with E-state index in [1.54, 1.807) is 19.1 Å². The van der Waals surface area contributed by atoms with E-state index >= 15 is 0 Å². The van der Waals surface area contributed by atoms with Gasteiger partial charge in [-0.3, -0.25) is 13.9 Å². The molecule has 0 heterocycles. The molecule has 2 amide bonds.